The van der Waals surface area contributed by atoms with E-state index in [0.29, 0.717) is 13.0 Å². The van der Waals surface area contributed by atoms with Crippen LogP contribution in [0, 0.1) is 5.41 Å². The molecule has 0 spiro atoms. The number of carbonyl (C=O) groups excluding carboxylic acids is 2. The Kier molecular flexibility index (Phi) is 4.93. The molecule has 0 aromatic heterocycles. The number of nitrogens with one attached hydrogen (secondary N) is 2. The van der Waals surface area contributed by atoms with Crippen molar-refractivity contribution in [2.24, 2.45) is 5.41 Å². The summed E-state index contributed by atoms with van der Waals surface area (Å²) in [6, 6.07) is -1.96. The highest BCUT2D eigenvalue weighted by Gasteiger charge is 2.42. The molecule has 114 valence electrons. The van der Waals surface area contributed by atoms with Gasteiger partial charge in [-0.3, -0.25) is 4.79 Å². The number of aliphatic carboxylic acids is 1. The third-order valence-corrected chi connectivity index (χ3v) is 3.56. The highest BCUT2D eigenvalue weighted by molar-refractivity contribution is 5.86. The molecule has 1 aliphatic heterocycles. The van der Waals surface area contributed by atoms with E-state index in [-0.39, 0.29) is 12.5 Å². The van der Waals surface area contributed by atoms with Crippen LogP contribution in [-0.4, -0.2) is 65.3 Å². The fourth-order valence-corrected chi connectivity index (χ4v) is 2.23. The number of nitrogens with zero attached hydrogens (tertiary/aromatic N) is 1. The van der Waals surface area contributed by atoms with Gasteiger partial charge in [-0.15, -0.1) is 0 Å². The van der Waals surface area contributed by atoms with Gasteiger partial charge >= 0.3 is 12.0 Å². The minimum Gasteiger partial charge on any atom is -0.480 e. The molecule has 0 aromatic carbocycles. The molecule has 0 saturated carbocycles. The molecular formula is C12H21N3O5. The summed E-state index contributed by atoms with van der Waals surface area (Å²) in [4.78, 5) is 36.0. The largest absolute Gasteiger partial charge is 0.480 e. The maximum absolute atomic E-state index is 12.0. The molecule has 20 heavy (non-hydrogen) atoms. The van der Waals surface area contributed by atoms with Crippen molar-refractivity contribution in [3.8, 4) is 0 Å². The van der Waals surface area contributed by atoms with Gasteiger partial charge in [0.2, 0.25) is 5.91 Å². The minimum absolute atomic E-state index is 0.155. The smallest absolute Gasteiger partial charge is 0.328 e. The Morgan fingerprint density at radius 3 is 2.40 bits per heavy atom. The van der Waals surface area contributed by atoms with Gasteiger partial charge in [-0.2, -0.15) is 0 Å². The number of aliphatic hydroxyl groups is 1. The maximum Gasteiger partial charge on any atom is 0.328 e. The molecule has 8 heteroatoms. The standard InChI is InChI=1S/C12H21N3O5/c1-7(16)8(9(17)18)14-11(20)15-5-4-12(2,6-15)10(19)13-3/h7-8,16H,4-6H2,1-3H3,(H,13,19)(H,14,20)(H,17,18). The third-order valence-electron chi connectivity index (χ3n) is 3.56. The molecule has 1 rings (SSSR count). The second-order valence-corrected chi connectivity index (χ2v) is 5.32. The summed E-state index contributed by atoms with van der Waals surface area (Å²) in [5.74, 6) is -1.46. The molecule has 1 fully saturated rings. The molecule has 0 aromatic rings. The minimum atomic E-state index is -1.37. The summed E-state index contributed by atoms with van der Waals surface area (Å²) in [5, 5.41) is 23.0. The van der Waals surface area contributed by atoms with E-state index in [9.17, 15) is 19.5 Å². The van der Waals surface area contributed by atoms with Crippen molar-refractivity contribution in [3.63, 3.8) is 0 Å². The van der Waals surface area contributed by atoms with Gasteiger partial charge in [0.15, 0.2) is 6.04 Å². The highest BCUT2D eigenvalue weighted by atomic mass is 16.4. The number of carboxylic acid groups (broad SMARTS) is 1. The first-order valence-electron chi connectivity index (χ1n) is 6.40. The van der Waals surface area contributed by atoms with E-state index in [2.05, 4.69) is 10.6 Å². The van der Waals surface area contributed by atoms with Crippen molar-refractivity contribution in [3.05, 3.63) is 0 Å². The summed E-state index contributed by atoms with van der Waals surface area (Å²) in [6.45, 7) is 3.62. The first-order chi connectivity index (χ1) is 9.21. The zero-order valence-electron chi connectivity index (χ0n) is 11.8. The molecule has 1 heterocycles. The number of urea groups is 1. The average molecular weight is 287 g/mol. The van der Waals surface area contributed by atoms with Gasteiger partial charge in [0, 0.05) is 20.1 Å². The Labute approximate surface area is 117 Å². The summed E-state index contributed by atoms with van der Waals surface area (Å²) >= 11 is 0. The van der Waals surface area contributed by atoms with Crippen LogP contribution in [0.4, 0.5) is 4.79 Å². The van der Waals surface area contributed by atoms with Crippen molar-refractivity contribution in [1.82, 2.24) is 15.5 Å². The zero-order chi connectivity index (χ0) is 15.5. The fraction of sp³-hybridized carbons (Fsp3) is 0.750. The van der Waals surface area contributed by atoms with Gasteiger partial charge in [-0.1, -0.05) is 0 Å². The van der Waals surface area contributed by atoms with Crippen molar-refractivity contribution >= 4 is 17.9 Å². The van der Waals surface area contributed by atoms with Gasteiger partial charge in [-0.05, 0) is 20.3 Å². The highest BCUT2D eigenvalue weighted by Crippen LogP contribution is 2.29. The van der Waals surface area contributed by atoms with Crippen LogP contribution >= 0.6 is 0 Å². The lowest BCUT2D eigenvalue weighted by Crippen LogP contribution is -2.52. The van der Waals surface area contributed by atoms with Crippen LogP contribution in [-0.2, 0) is 9.59 Å². The zero-order valence-corrected chi connectivity index (χ0v) is 11.8. The van der Waals surface area contributed by atoms with E-state index in [1.54, 1.807) is 6.92 Å². The number of carbonyl (C=O) groups is 3. The van der Waals surface area contributed by atoms with E-state index in [1.807, 2.05) is 0 Å². The predicted octanol–water partition coefficient (Wildman–Crippen LogP) is -1.01. The number of aliphatic hydroxyl groups excluding tert-OH is 1. The van der Waals surface area contributed by atoms with E-state index < -0.39 is 29.6 Å². The molecule has 3 amide bonds. The van der Waals surface area contributed by atoms with Crippen LogP contribution < -0.4 is 10.6 Å². The summed E-state index contributed by atoms with van der Waals surface area (Å²) in [7, 11) is 1.53. The van der Waals surface area contributed by atoms with E-state index in [1.165, 1.54) is 18.9 Å². The third kappa shape index (κ3) is 3.38. The molecule has 1 saturated heterocycles. The molecule has 1 aliphatic rings. The fourth-order valence-electron chi connectivity index (χ4n) is 2.23. The molecule has 0 radical (unpaired) electrons. The number of hydrogen-bond donors (Lipinski definition) is 4. The Hall–Kier alpha value is -1.83. The van der Waals surface area contributed by atoms with Crippen LogP contribution in [0.1, 0.15) is 20.3 Å². The lowest BCUT2D eigenvalue weighted by atomic mass is 9.89. The van der Waals surface area contributed by atoms with Crippen LogP contribution in [0.25, 0.3) is 0 Å². The molecule has 3 unspecified atom stereocenters. The van der Waals surface area contributed by atoms with Gasteiger partial charge in [0.1, 0.15) is 0 Å². The first kappa shape index (κ1) is 16.2. The number of amides is 3. The molecular weight excluding hydrogens is 266 g/mol. The molecule has 3 atom stereocenters. The Morgan fingerprint density at radius 1 is 1.35 bits per heavy atom. The van der Waals surface area contributed by atoms with Gasteiger partial charge in [0.25, 0.3) is 0 Å². The van der Waals surface area contributed by atoms with Crippen LogP contribution in [0.2, 0.25) is 0 Å². The van der Waals surface area contributed by atoms with E-state index >= 15 is 0 Å². The molecule has 0 bridgehead atoms. The normalized spacial score (nSPS) is 24.9. The number of hydrogen-bond acceptors (Lipinski definition) is 4. The van der Waals surface area contributed by atoms with Crippen molar-refractivity contribution in [2.45, 2.75) is 32.4 Å². The Bertz CT molecular complexity index is 412. The Morgan fingerprint density at radius 2 is 1.95 bits per heavy atom. The second-order valence-electron chi connectivity index (χ2n) is 5.32. The van der Waals surface area contributed by atoms with Crippen LogP contribution in [0.3, 0.4) is 0 Å². The number of likely N-dealkylation sites (tertiary alicyclic amines) is 1. The topological polar surface area (TPSA) is 119 Å². The van der Waals surface area contributed by atoms with E-state index in [4.69, 9.17) is 5.11 Å². The van der Waals surface area contributed by atoms with Crippen molar-refractivity contribution < 1.29 is 24.6 Å². The first-order valence-corrected chi connectivity index (χ1v) is 6.40. The van der Waals surface area contributed by atoms with Gasteiger partial charge in [0.05, 0.1) is 11.5 Å². The second kappa shape index (κ2) is 6.08. The summed E-state index contributed by atoms with van der Waals surface area (Å²) in [5.41, 5.74) is -0.671. The monoisotopic (exact) mass is 287 g/mol. The van der Waals surface area contributed by atoms with Crippen molar-refractivity contribution in [1.29, 1.82) is 0 Å². The maximum atomic E-state index is 12.0. The molecule has 8 nitrogen and oxygen atoms in total. The summed E-state index contributed by atoms with van der Waals surface area (Å²) in [6.07, 6.45) is -0.698. The number of carboxylic acids is 1. The SMILES string of the molecule is CNC(=O)C1(C)CCN(C(=O)NC(C(=O)O)C(C)O)C1. The van der Waals surface area contributed by atoms with Crippen molar-refractivity contribution in [2.75, 3.05) is 20.1 Å². The molecule has 0 aliphatic carbocycles. The van der Waals surface area contributed by atoms with Crippen LogP contribution in [0.15, 0.2) is 0 Å². The number of rotatable bonds is 4. The average Bonchev–Trinajstić information content (AvgIpc) is 2.77. The quantitative estimate of drug-likeness (QED) is 0.528. The van der Waals surface area contributed by atoms with E-state index in [0.717, 1.165) is 0 Å². The lowest BCUT2D eigenvalue weighted by molar-refractivity contribution is -0.141. The summed E-state index contributed by atoms with van der Waals surface area (Å²) < 4.78 is 0. The Balaban J connectivity index is 2.67. The lowest BCUT2D eigenvalue weighted by Gasteiger charge is -2.25. The predicted molar refractivity (Wildman–Crippen MR) is 70.0 cm³/mol. The van der Waals surface area contributed by atoms with Crippen LogP contribution in [0.5, 0.6) is 0 Å². The van der Waals surface area contributed by atoms with Gasteiger partial charge in [-0.25, -0.2) is 9.59 Å². The molecule has 4 N–H and O–H groups in total. The van der Waals surface area contributed by atoms with Gasteiger partial charge < -0.3 is 25.7 Å².